The fourth-order valence-corrected chi connectivity index (χ4v) is 2.05. The minimum absolute atomic E-state index is 0. The summed E-state index contributed by atoms with van der Waals surface area (Å²) < 4.78 is 0. The molecule has 1 nitrogen and oxygen atoms in total. The van der Waals surface area contributed by atoms with Crippen LogP contribution in [-0.2, 0) is 21.7 Å². The number of benzene rings is 1. The molecule has 1 aliphatic rings. The molecule has 0 unspecified atom stereocenters. The summed E-state index contributed by atoms with van der Waals surface area (Å²) in [5, 5.41) is 0. The topological polar surface area (TPSA) is 23.8 Å². The van der Waals surface area contributed by atoms with E-state index in [4.69, 9.17) is 5.73 Å². The number of halogens is 2. The second kappa shape index (κ2) is 12.2. The van der Waals surface area contributed by atoms with E-state index in [0.717, 1.165) is 6.42 Å². The van der Waals surface area contributed by atoms with Gasteiger partial charge in [0.25, 0.3) is 0 Å². The summed E-state index contributed by atoms with van der Waals surface area (Å²) >= 11 is 0. The van der Waals surface area contributed by atoms with Crippen molar-refractivity contribution in [2.75, 3.05) is 0 Å². The van der Waals surface area contributed by atoms with Crippen molar-refractivity contribution in [3.63, 3.8) is 0 Å². The fourth-order valence-electron chi connectivity index (χ4n) is 2.05. The minimum atomic E-state index is -0.250. The largest absolute Gasteiger partial charge is 2.00 e. The first-order chi connectivity index (χ1) is 9.18. The van der Waals surface area contributed by atoms with Gasteiger partial charge in [-0.2, -0.15) is 17.5 Å². The van der Waals surface area contributed by atoms with Gasteiger partial charge in [-0.1, -0.05) is 64.0 Å². The van der Waals surface area contributed by atoms with Crippen LogP contribution in [-0.4, -0.2) is 5.54 Å². The Hall–Kier alpha value is -0.176. The van der Waals surface area contributed by atoms with E-state index in [1.54, 1.807) is 0 Å². The van der Waals surface area contributed by atoms with E-state index in [9.17, 15) is 0 Å². The van der Waals surface area contributed by atoms with Gasteiger partial charge in [0.05, 0.1) is 0 Å². The van der Waals surface area contributed by atoms with Gasteiger partial charge in [-0.3, -0.25) is 0 Å². The van der Waals surface area contributed by atoms with E-state index >= 15 is 0 Å². The normalized spacial score (nSPS) is 12.3. The first kappa shape index (κ1) is 27.7. The zero-order chi connectivity index (χ0) is 15.3. The van der Waals surface area contributed by atoms with E-state index in [-0.39, 0.29) is 52.1 Å². The molecule has 0 heterocycles. The summed E-state index contributed by atoms with van der Waals surface area (Å²) in [6.07, 6.45) is 5.66. The van der Waals surface area contributed by atoms with Gasteiger partial charge in [0, 0.05) is 0 Å². The molecule has 1 aliphatic carbocycles. The third-order valence-electron chi connectivity index (χ3n) is 2.86. The first-order valence-corrected chi connectivity index (χ1v) is 7.21. The molecule has 4 heteroatoms. The van der Waals surface area contributed by atoms with Crippen LogP contribution < -0.4 is 0 Å². The van der Waals surface area contributed by atoms with Crippen LogP contribution in [0.4, 0.5) is 0 Å². The predicted molar refractivity (Wildman–Crippen MR) is 105 cm³/mol. The summed E-state index contributed by atoms with van der Waals surface area (Å²) in [7, 11) is 0. The second-order valence-corrected chi connectivity index (χ2v) is 6.62. The molecule has 23 heavy (non-hydrogen) atoms. The van der Waals surface area contributed by atoms with Crippen molar-refractivity contribution in [3.8, 4) is 0 Å². The molecule has 1 aromatic rings. The zero-order valence-electron chi connectivity index (χ0n) is 15.0. The molecule has 128 valence electrons. The van der Waals surface area contributed by atoms with Gasteiger partial charge in [-0.05, 0) is 13.3 Å². The fraction of sp³-hybridized carbons (Fsp3) is 0.421. The molecule has 0 atom stereocenters. The molecule has 1 aromatic carbocycles. The maximum atomic E-state index is 6.94. The zero-order valence-corrected chi connectivity index (χ0v) is 18.2. The van der Waals surface area contributed by atoms with Crippen LogP contribution in [0.15, 0.2) is 42.0 Å². The Bertz CT molecular complexity index is 508. The monoisotopic (exact) mass is 389 g/mol. The molecule has 1 N–H and O–H groups in total. The Morgan fingerprint density at radius 1 is 1.04 bits per heavy atom. The molecule has 0 spiro atoms. The second-order valence-electron chi connectivity index (χ2n) is 6.62. The van der Waals surface area contributed by atoms with Gasteiger partial charge < -0.3 is 5.73 Å². The maximum absolute atomic E-state index is 6.94. The molecule has 0 saturated heterocycles. The van der Waals surface area contributed by atoms with E-state index in [0.29, 0.717) is 0 Å². The third kappa shape index (κ3) is 11.1. The van der Waals surface area contributed by atoms with Gasteiger partial charge in [0.2, 0.25) is 0 Å². The van der Waals surface area contributed by atoms with Crippen LogP contribution in [0.1, 0.15) is 59.1 Å². The van der Waals surface area contributed by atoms with Crippen LogP contribution in [0.2, 0.25) is 0 Å². The van der Waals surface area contributed by atoms with E-state index in [1.165, 1.54) is 28.2 Å². The van der Waals surface area contributed by atoms with Crippen LogP contribution in [0, 0.1) is 5.92 Å². The van der Waals surface area contributed by atoms with Crippen molar-refractivity contribution in [1.29, 1.82) is 0 Å². The molecule has 0 bridgehead atoms. The molecule has 0 aliphatic heterocycles. The number of rotatable bonds is 2. The molecule has 2 rings (SSSR count). The number of nitrogens with one attached hydrogen (secondary N) is 1. The van der Waals surface area contributed by atoms with Crippen molar-refractivity contribution in [2.24, 2.45) is 0 Å². The minimum Gasteiger partial charge on any atom is -0.673 e. The van der Waals surface area contributed by atoms with Gasteiger partial charge in [-0.15, -0.1) is 48.0 Å². The summed E-state index contributed by atoms with van der Waals surface area (Å²) in [4.78, 5) is 0. The number of hydrogen-bond acceptors (Lipinski definition) is 0. The van der Waals surface area contributed by atoms with Crippen LogP contribution >= 0.6 is 24.8 Å². The smallest absolute Gasteiger partial charge is 0.673 e. The average Bonchev–Trinajstić information content (AvgIpc) is 2.73. The summed E-state index contributed by atoms with van der Waals surface area (Å²) in [5.74, 6) is 1.39. The van der Waals surface area contributed by atoms with E-state index < -0.39 is 0 Å². The van der Waals surface area contributed by atoms with E-state index in [1.807, 2.05) is 20.8 Å². The first-order valence-electron chi connectivity index (χ1n) is 7.21. The summed E-state index contributed by atoms with van der Waals surface area (Å²) in [5.41, 5.74) is 12.3. The Morgan fingerprint density at radius 3 is 1.91 bits per heavy atom. The Balaban J connectivity index is -0.000000444. The molecular formula is C19H29Cl2NTi. The standard InChI is InChI=1S/C15H17.C4H10N.2ClH.Ti/c1-11(2)14-6-4-5-7-15(14)13-9-8-12(3)10-13;1-4(2,3)5;;;/h4-8,10H,9H2,1-3H3;5H,1-3H3;2*1H;/q2*-1;;;+2. The van der Waals surface area contributed by atoms with Gasteiger partial charge in [-0.25, -0.2) is 0 Å². The van der Waals surface area contributed by atoms with Crippen molar-refractivity contribution < 1.29 is 21.7 Å². The van der Waals surface area contributed by atoms with Crippen molar-refractivity contribution >= 4 is 30.4 Å². The summed E-state index contributed by atoms with van der Waals surface area (Å²) in [6.45, 7) is 12.1. The predicted octanol–water partition coefficient (Wildman–Crippen LogP) is 7.06. The van der Waals surface area contributed by atoms with Crippen LogP contribution in [0.3, 0.4) is 0 Å². The molecular weight excluding hydrogens is 361 g/mol. The van der Waals surface area contributed by atoms with E-state index in [2.05, 4.69) is 57.2 Å². The van der Waals surface area contributed by atoms with Gasteiger partial charge >= 0.3 is 21.7 Å². The summed E-state index contributed by atoms with van der Waals surface area (Å²) in [6, 6.07) is 8.66. The van der Waals surface area contributed by atoms with Crippen molar-refractivity contribution in [1.82, 2.24) is 0 Å². The quantitative estimate of drug-likeness (QED) is 0.381. The molecule has 0 saturated carbocycles. The number of allylic oxidation sites excluding steroid dienone is 4. The Labute approximate surface area is 169 Å². The van der Waals surface area contributed by atoms with Crippen LogP contribution in [0.25, 0.3) is 11.3 Å². The molecule has 0 amide bonds. The molecule has 0 radical (unpaired) electrons. The van der Waals surface area contributed by atoms with Crippen molar-refractivity contribution in [3.05, 3.63) is 64.8 Å². The van der Waals surface area contributed by atoms with Gasteiger partial charge in [0.15, 0.2) is 0 Å². The molecule has 0 fully saturated rings. The molecule has 0 aromatic heterocycles. The SMILES string of the molecule is CC(C)(C)[NH-].CC1=CCC(c2ccccc2[C-](C)C)=C1.Cl.Cl.[Ti+2]. The van der Waals surface area contributed by atoms with Gasteiger partial charge in [0.1, 0.15) is 0 Å². The number of hydrogen-bond donors (Lipinski definition) is 0. The Morgan fingerprint density at radius 2 is 1.52 bits per heavy atom. The third-order valence-corrected chi connectivity index (χ3v) is 2.86. The van der Waals surface area contributed by atoms with Crippen molar-refractivity contribution in [2.45, 2.75) is 53.5 Å². The van der Waals surface area contributed by atoms with Crippen LogP contribution in [0.5, 0.6) is 0 Å². The maximum Gasteiger partial charge on any atom is 2.00 e. The Kier molecular flexibility index (Phi) is 14.7. The average molecular weight is 390 g/mol.